The van der Waals surface area contributed by atoms with Crippen LogP contribution >= 0.6 is 0 Å². The van der Waals surface area contributed by atoms with Gasteiger partial charge in [0.15, 0.2) is 0 Å². The average molecular weight is 190 g/mol. The SMILES string of the molecule is Fc1cnc2[nH]ccc2c1CC1CC1. The second kappa shape index (κ2) is 2.80. The summed E-state index contributed by atoms with van der Waals surface area (Å²) in [5.41, 5.74) is 1.63. The lowest BCUT2D eigenvalue weighted by atomic mass is 10.1. The topological polar surface area (TPSA) is 28.7 Å². The van der Waals surface area contributed by atoms with Crippen LogP contribution < -0.4 is 0 Å². The fraction of sp³-hybridized carbons (Fsp3) is 0.364. The summed E-state index contributed by atoms with van der Waals surface area (Å²) in [5, 5.41) is 0.942. The van der Waals surface area contributed by atoms with Crippen LogP contribution in [0.5, 0.6) is 0 Å². The number of pyridine rings is 1. The predicted octanol–water partition coefficient (Wildman–Crippen LogP) is 2.65. The number of hydrogen-bond donors (Lipinski definition) is 1. The minimum Gasteiger partial charge on any atom is -0.346 e. The summed E-state index contributed by atoms with van der Waals surface area (Å²) in [6.07, 6.45) is 6.48. The second-order valence-corrected chi connectivity index (χ2v) is 3.97. The summed E-state index contributed by atoms with van der Waals surface area (Å²) in [6, 6.07) is 1.91. The molecule has 1 aliphatic carbocycles. The number of H-pyrrole nitrogens is 1. The first kappa shape index (κ1) is 7.97. The predicted molar refractivity (Wildman–Crippen MR) is 52.5 cm³/mol. The number of nitrogens with one attached hydrogen (secondary N) is 1. The van der Waals surface area contributed by atoms with Crippen molar-refractivity contribution in [3.8, 4) is 0 Å². The summed E-state index contributed by atoms with van der Waals surface area (Å²) < 4.78 is 13.5. The maximum Gasteiger partial charge on any atom is 0.145 e. The number of rotatable bonds is 2. The van der Waals surface area contributed by atoms with Crippen LogP contribution in [0.4, 0.5) is 4.39 Å². The Morgan fingerprint density at radius 2 is 2.36 bits per heavy atom. The van der Waals surface area contributed by atoms with Crippen LogP contribution in [0, 0.1) is 11.7 Å². The Morgan fingerprint density at radius 1 is 1.50 bits per heavy atom. The van der Waals surface area contributed by atoms with Gasteiger partial charge in [-0.15, -0.1) is 0 Å². The minimum atomic E-state index is -0.163. The smallest absolute Gasteiger partial charge is 0.145 e. The fourth-order valence-corrected chi connectivity index (χ4v) is 1.86. The third-order valence-corrected chi connectivity index (χ3v) is 2.84. The van der Waals surface area contributed by atoms with Crippen molar-refractivity contribution >= 4 is 11.0 Å². The number of fused-ring (bicyclic) bond motifs is 1. The molecule has 1 aliphatic rings. The lowest BCUT2D eigenvalue weighted by molar-refractivity contribution is 0.600. The summed E-state index contributed by atoms with van der Waals surface area (Å²) in [5.74, 6) is 0.536. The summed E-state index contributed by atoms with van der Waals surface area (Å²) in [7, 11) is 0. The zero-order chi connectivity index (χ0) is 9.54. The van der Waals surface area contributed by atoms with Gasteiger partial charge in [-0.05, 0) is 31.2 Å². The molecule has 0 amide bonds. The highest BCUT2D eigenvalue weighted by molar-refractivity contribution is 5.79. The maximum absolute atomic E-state index is 13.5. The highest BCUT2D eigenvalue weighted by Gasteiger charge is 2.24. The molecule has 3 heteroatoms. The largest absolute Gasteiger partial charge is 0.346 e. The Hall–Kier alpha value is -1.38. The molecule has 1 N–H and O–H groups in total. The molecule has 14 heavy (non-hydrogen) atoms. The van der Waals surface area contributed by atoms with Crippen molar-refractivity contribution < 1.29 is 4.39 Å². The molecule has 2 heterocycles. The van der Waals surface area contributed by atoms with E-state index in [9.17, 15) is 4.39 Å². The molecule has 0 bridgehead atoms. The van der Waals surface area contributed by atoms with Crippen molar-refractivity contribution in [2.75, 3.05) is 0 Å². The Bertz CT molecular complexity index is 471. The molecule has 0 unspecified atom stereocenters. The molecule has 1 saturated carbocycles. The Balaban J connectivity index is 2.15. The molecule has 0 saturated heterocycles. The molecule has 3 rings (SSSR count). The van der Waals surface area contributed by atoms with Gasteiger partial charge in [0.1, 0.15) is 11.5 Å². The Labute approximate surface area is 81.2 Å². The summed E-state index contributed by atoms with van der Waals surface area (Å²) in [6.45, 7) is 0. The number of nitrogens with zero attached hydrogens (tertiary/aromatic N) is 1. The van der Waals surface area contributed by atoms with E-state index in [-0.39, 0.29) is 5.82 Å². The molecule has 1 fully saturated rings. The Morgan fingerprint density at radius 3 is 3.14 bits per heavy atom. The first-order valence-corrected chi connectivity index (χ1v) is 4.95. The van der Waals surface area contributed by atoms with Crippen molar-refractivity contribution in [3.05, 3.63) is 29.8 Å². The van der Waals surface area contributed by atoms with Crippen LogP contribution in [0.1, 0.15) is 18.4 Å². The van der Waals surface area contributed by atoms with Crippen molar-refractivity contribution in [3.63, 3.8) is 0 Å². The average Bonchev–Trinajstić information content (AvgIpc) is 2.86. The van der Waals surface area contributed by atoms with Gasteiger partial charge < -0.3 is 4.98 Å². The third kappa shape index (κ3) is 1.20. The quantitative estimate of drug-likeness (QED) is 0.774. The number of halogens is 1. The first-order chi connectivity index (χ1) is 6.84. The van der Waals surface area contributed by atoms with Crippen molar-refractivity contribution in [2.45, 2.75) is 19.3 Å². The normalized spacial score (nSPS) is 16.4. The zero-order valence-electron chi connectivity index (χ0n) is 7.76. The lowest BCUT2D eigenvalue weighted by Gasteiger charge is -2.02. The van der Waals surface area contributed by atoms with Crippen molar-refractivity contribution in [2.24, 2.45) is 5.92 Å². The first-order valence-electron chi connectivity index (χ1n) is 4.95. The molecule has 2 nitrogen and oxygen atoms in total. The van der Waals surface area contributed by atoms with Gasteiger partial charge in [0.2, 0.25) is 0 Å². The molecule has 72 valence electrons. The van der Waals surface area contributed by atoms with E-state index in [1.165, 1.54) is 19.0 Å². The van der Waals surface area contributed by atoms with Crippen LogP contribution in [0.2, 0.25) is 0 Å². The van der Waals surface area contributed by atoms with Crippen molar-refractivity contribution in [1.29, 1.82) is 0 Å². The summed E-state index contributed by atoms with van der Waals surface area (Å²) in [4.78, 5) is 7.00. The minimum absolute atomic E-state index is 0.163. The van der Waals surface area contributed by atoms with Gasteiger partial charge in [0.05, 0.1) is 6.20 Å². The van der Waals surface area contributed by atoms with E-state index in [0.717, 1.165) is 23.0 Å². The van der Waals surface area contributed by atoms with Gasteiger partial charge in [-0.25, -0.2) is 9.37 Å². The molecule has 0 aromatic carbocycles. The van der Waals surface area contributed by atoms with Crippen LogP contribution in [-0.2, 0) is 6.42 Å². The standard InChI is InChI=1S/C11H11FN2/c12-10-6-14-11-8(3-4-13-11)9(10)5-7-1-2-7/h3-4,6-7H,1-2,5H2,(H,13,14). The highest BCUT2D eigenvalue weighted by Crippen LogP contribution is 2.35. The molecule has 0 aliphatic heterocycles. The number of aromatic nitrogens is 2. The maximum atomic E-state index is 13.5. The monoisotopic (exact) mass is 190 g/mol. The van der Waals surface area contributed by atoms with Crippen LogP contribution in [0.15, 0.2) is 18.5 Å². The van der Waals surface area contributed by atoms with E-state index in [2.05, 4.69) is 9.97 Å². The van der Waals surface area contributed by atoms with Gasteiger partial charge in [-0.3, -0.25) is 0 Å². The summed E-state index contributed by atoms with van der Waals surface area (Å²) >= 11 is 0. The molecule has 2 aromatic heterocycles. The molecular weight excluding hydrogens is 179 g/mol. The molecule has 0 spiro atoms. The van der Waals surface area contributed by atoms with Crippen LogP contribution in [0.25, 0.3) is 11.0 Å². The van der Waals surface area contributed by atoms with Crippen LogP contribution in [0.3, 0.4) is 0 Å². The molecule has 0 atom stereocenters. The van der Waals surface area contributed by atoms with Crippen molar-refractivity contribution in [1.82, 2.24) is 9.97 Å². The van der Waals surface area contributed by atoms with E-state index in [0.29, 0.717) is 5.92 Å². The van der Waals surface area contributed by atoms with E-state index < -0.39 is 0 Å². The van der Waals surface area contributed by atoms with Crippen LogP contribution in [-0.4, -0.2) is 9.97 Å². The van der Waals surface area contributed by atoms with E-state index >= 15 is 0 Å². The van der Waals surface area contributed by atoms with Gasteiger partial charge in [-0.1, -0.05) is 0 Å². The fourth-order valence-electron chi connectivity index (χ4n) is 1.86. The highest BCUT2D eigenvalue weighted by atomic mass is 19.1. The van der Waals surface area contributed by atoms with E-state index in [4.69, 9.17) is 0 Å². The van der Waals surface area contributed by atoms with Gasteiger partial charge in [-0.2, -0.15) is 0 Å². The van der Waals surface area contributed by atoms with Gasteiger partial charge >= 0.3 is 0 Å². The zero-order valence-corrected chi connectivity index (χ0v) is 7.76. The molecule has 0 radical (unpaired) electrons. The van der Waals surface area contributed by atoms with E-state index in [1.54, 1.807) is 0 Å². The van der Waals surface area contributed by atoms with Gasteiger partial charge in [0, 0.05) is 17.1 Å². The number of aromatic amines is 1. The third-order valence-electron chi connectivity index (χ3n) is 2.84. The Kier molecular flexibility index (Phi) is 1.60. The van der Waals surface area contributed by atoms with Gasteiger partial charge in [0.25, 0.3) is 0 Å². The molecule has 2 aromatic rings. The molecular formula is C11H11FN2. The lowest BCUT2D eigenvalue weighted by Crippen LogP contribution is -1.94. The van der Waals surface area contributed by atoms with E-state index in [1.807, 2.05) is 12.3 Å². The number of hydrogen-bond acceptors (Lipinski definition) is 1. The second-order valence-electron chi connectivity index (χ2n) is 3.97.